The van der Waals surface area contributed by atoms with Crippen molar-refractivity contribution in [1.29, 1.82) is 0 Å². The molecule has 118 valence electrons. The maximum absolute atomic E-state index is 12.2. The summed E-state index contributed by atoms with van der Waals surface area (Å²) in [4.78, 5) is 24.7. The number of hydrogen-bond acceptors (Lipinski definition) is 4. The number of nitrogens with one attached hydrogen (secondary N) is 1. The van der Waals surface area contributed by atoms with E-state index in [9.17, 15) is 9.59 Å². The Labute approximate surface area is 139 Å². The van der Waals surface area contributed by atoms with Crippen LogP contribution in [-0.2, 0) is 14.3 Å². The summed E-state index contributed by atoms with van der Waals surface area (Å²) in [7, 11) is 1.41. The number of carbonyl (C=O) groups is 2. The molecule has 1 N–H and O–H groups in total. The van der Waals surface area contributed by atoms with Gasteiger partial charge in [-0.25, -0.2) is 0 Å². The predicted molar refractivity (Wildman–Crippen MR) is 92.5 cm³/mol. The van der Waals surface area contributed by atoms with Crippen molar-refractivity contribution >= 4 is 34.8 Å². The van der Waals surface area contributed by atoms with Crippen LogP contribution < -0.4 is 5.32 Å². The fourth-order valence-electron chi connectivity index (χ4n) is 1.97. The van der Waals surface area contributed by atoms with Crippen molar-refractivity contribution in [2.75, 3.05) is 7.11 Å². The monoisotopic (exact) mass is 327 g/mol. The van der Waals surface area contributed by atoms with Crippen LogP contribution in [0.25, 0.3) is 11.8 Å². The molecule has 0 aliphatic rings. The molecule has 0 radical (unpaired) electrons. The van der Waals surface area contributed by atoms with Crippen molar-refractivity contribution < 1.29 is 14.3 Å². The molecule has 4 nitrogen and oxygen atoms in total. The lowest BCUT2D eigenvalue weighted by atomic mass is 10.2. The van der Waals surface area contributed by atoms with E-state index in [0.717, 1.165) is 10.4 Å². The molecule has 1 aromatic heterocycles. The van der Waals surface area contributed by atoms with Crippen molar-refractivity contribution in [2.45, 2.75) is 6.92 Å². The topological polar surface area (TPSA) is 55.4 Å². The SMILES string of the molecule is CO/C(C(C)=O)=C(\NC(=O)/C=C/c1ccccc1)c1cccs1. The molecule has 0 saturated heterocycles. The maximum atomic E-state index is 12.2. The van der Waals surface area contributed by atoms with Crippen LogP contribution in [0.3, 0.4) is 0 Å². The number of rotatable bonds is 6. The molecule has 1 heterocycles. The zero-order valence-corrected chi connectivity index (χ0v) is 13.7. The number of ketones is 1. The first-order valence-corrected chi connectivity index (χ1v) is 7.87. The minimum Gasteiger partial charge on any atom is -0.491 e. The van der Waals surface area contributed by atoms with Crippen LogP contribution in [0.15, 0.2) is 59.7 Å². The summed E-state index contributed by atoms with van der Waals surface area (Å²) in [5, 5.41) is 4.61. The molecule has 2 aromatic rings. The lowest BCUT2D eigenvalue weighted by molar-refractivity contribution is -0.116. The molecule has 1 aromatic carbocycles. The third-order valence-corrected chi connectivity index (χ3v) is 3.88. The van der Waals surface area contributed by atoms with Gasteiger partial charge in [-0.1, -0.05) is 36.4 Å². The normalized spacial score (nSPS) is 11.9. The second-order valence-electron chi connectivity index (χ2n) is 4.68. The van der Waals surface area contributed by atoms with Gasteiger partial charge in [0.15, 0.2) is 11.5 Å². The van der Waals surface area contributed by atoms with E-state index in [0.29, 0.717) is 5.70 Å². The van der Waals surface area contributed by atoms with E-state index in [-0.39, 0.29) is 17.4 Å². The fourth-order valence-corrected chi connectivity index (χ4v) is 2.70. The number of methoxy groups -OCH3 is 1. The zero-order chi connectivity index (χ0) is 16.7. The Hall–Kier alpha value is -2.66. The van der Waals surface area contributed by atoms with E-state index in [1.54, 1.807) is 6.08 Å². The first-order valence-electron chi connectivity index (χ1n) is 6.99. The van der Waals surface area contributed by atoms with Crippen LogP contribution in [0, 0.1) is 0 Å². The summed E-state index contributed by atoms with van der Waals surface area (Å²) >= 11 is 1.42. The van der Waals surface area contributed by atoms with E-state index in [2.05, 4.69) is 5.32 Å². The molecule has 0 spiro atoms. The highest BCUT2D eigenvalue weighted by molar-refractivity contribution is 7.11. The van der Waals surface area contributed by atoms with Crippen molar-refractivity contribution in [3.63, 3.8) is 0 Å². The van der Waals surface area contributed by atoms with Gasteiger partial charge in [0.2, 0.25) is 5.91 Å². The summed E-state index contributed by atoms with van der Waals surface area (Å²) in [6.45, 7) is 1.40. The van der Waals surface area contributed by atoms with E-state index >= 15 is 0 Å². The molecule has 5 heteroatoms. The van der Waals surface area contributed by atoms with E-state index in [1.165, 1.54) is 31.4 Å². The van der Waals surface area contributed by atoms with Crippen LogP contribution in [0.2, 0.25) is 0 Å². The van der Waals surface area contributed by atoms with E-state index in [4.69, 9.17) is 4.74 Å². The Balaban J connectivity index is 2.23. The van der Waals surface area contributed by atoms with Gasteiger partial charge in [0.25, 0.3) is 0 Å². The standard InChI is InChI=1S/C18H17NO3S/c1-13(20)18(22-2)17(15-9-6-12-23-15)19-16(21)11-10-14-7-4-3-5-8-14/h3-12H,1-2H3,(H,19,21)/b11-10+,18-17-. The van der Waals surface area contributed by atoms with Gasteiger partial charge >= 0.3 is 0 Å². The summed E-state index contributed by atoms with van der Waals surface area (Å²) in [5.41, 5.74) is 1.31. The van der Waals surface area contributed by atoms with Gasteiger partial charge in [-0.3, -0.25) is 9.59 Å². The number of hydrogen-bond donors (Lipinski definition) is 1. The third-order valence-electron chi connectivity index (χ3n) is 2.99. The van der Waals surface area contributed by atoms with Gasteiger partial charge in [-0.15, -0.1) is 11.3 Å². The largest absolute Gasteiger partial charge is 0.491 e. The van der Waals surface area contributed by atoms with Crippen molar-refractivity contribution in [2.24, 2.45) is 0 Å². The van der Waals surface area contributed by atoms with E-state index in [1.807, 2.05) is 47.8 Å². The maximum Gasteiger partial charge on any atom is 0.248 e. The Morgan fingerprint density at radius 2 is 1.87 bits per heavy atom. The molecule has 23 heavy (non-hydrogen) atoms. The molecule has 0 aliphatic carbocycles. The molecule has 0 bridgehead atoms. The summed E-state index contributed by atoms with van der Waals surface area (Å²) in [6.07, 6.45) is 3.14. The summed E-state index contributed by atoms with van der Waals surface area (Å²) < 4.78 is 5.16. The Morgan fingerprint density at radius 1 is 1.13 bits per heavy atom. The van der Waals surface area contributed by atoms with Crippen LogP contribution in [0.5, 0.6) is 0 Å². The highest BCUT2D eigenvalue weighted by Gasteiger charge is 2.17. The molecule has 2 rings (SSSR count). The molecular weight excluding hydrogens is 310 g/mol. The predicted octanol–water partition coefficient (Wildman–Crippen LogP) is 3.48. The minimum absolute atomic E-state index is 0.133. The highest BCUT2D eigenvalue weighted by Crippen LogP contribution is 2.22. The molecule has 0 aliphatic heterocycles. The van der Waals surface area contributed by atoms with Crippen molar-refractivity contribution in [3.8, 4) is 0 Å². The Morgan fingerprint density at radius 3 is 2.43 bits per heavy atom. The lowest BCUT2D eigenvalue weighted by Gasteiger charge is -2.11. The average Bonchev–Trinajstić information content (AvgIpc) is 3.07. The second-order valence-corrected chi connectivity index (χ2v) is 5.62. The molecular formula is C18H17NO3S. The van der Waals surface area contributed by atoms with Crippen molar-refractivity contribution in [3.05, 3.63) is 70.1 Å². The van der Waals surface area contributed by atoms with Gasteiger partial charge in [0.1, 0.15) is 5.70 Å². The molecule has 0 saturated carbocycles. The van der Waals surface area contributed by atoms with Crippen LogP contribution in [0.4, 0.5) is 0 Å². The lowest BCUT2D eigenvalue weighted by Crippen LogP contribution is -2.22. The summed E-state index contributed by atoms with van der Waals surface area (Å²) in [6, 6.07) is 13.2. The second kappa shape index (κ2) is 8.10. The number of benzene rings is 1. The highest BCUT2D eigenvalue weighted by atomic mass is 32.1. The van der Waals surface area contributed by atoms with Gasteiger partial charge in [-0.05, 0) is 23.1 Å². The Bertz CT molecular complexity index is 731. The third kappa shape index (κ3) is 4.66. The van der Waals surface area contributed by atoms with E-state index < -0.39 is 0 Å². The zero-order valence-electron chi connectivity index (χ0n) is 12.9. The smallest absolute Gasteiger partial charge is 0.248 e. The number of carbonyl (C=O) groups excluding carboxylic acids is 2. The van der Waals surface area contributed by atoms with Gasteiger partial charge in [0, 0.05) is 13.0 Å². The molecule has 1 amide bonds. The number of ether oxygens (including phenoxy) is 1. The molecule has 0 atom stereocenters. The number of Topliss-reactive ketones (excluding diaryl/α,β-unsaturated/α-hetero) is 1. The van der Waals surface area contributed by atoms with Gasteiger partial charge < -0.3 is 10.1 Å². The number of thiophene rings is 1. The fraction of sp³-hybridized carbons (Fsp3) is 0.111. The molecule has 0 unspecified atom stereocenters. The Kier molecular flexibility index (Phi) is 5.88. The van der Waals surface area contributed by atoms with Crippen LogP contribution >= 0.6 is 11.3 Å². The van der Waals surface area contributed by atoms with Crippen LogP contribution in [0.1, 0.15) is 17.4 Å². The van der Waals surface area contributed by atoms with Crippen molar-refractivity contribution in [1.82, 2.24) is 5.32 Å². The van der Waals surface area contributed by atoms with Gasteiger partial charge in [-0.2, -0.15) is 0 Å². The first kappa shape index (κ1) is 16.7. The quantitative estimate of drug-likeness (QED) is 0.653. The molecule has 0 fully saturated rings. The first-order chi connectivity index (χ1) is 11.1. The van der Waals surface area contributed by atoms with Crippen LogP contribution in [-0.4, -0.2) is 18.8 Å². The average molecular weight is 327 g/mol. The summed E-state index contributed by atoms with van der Waals surface area (Å²) in [5.74, 6) is -0.440. The minimum atomic E-state index is -0.326. The number of allylic oxidation sites excluding steroid dienone is 1. The number of amides is 1. The van der Waals surface area contributed by atoms with Gasteiger partial charge in [0.05, 0.1) is 12.0 Å².